The number of aromatic amines is 1. The lowest BCUT2D eigenvalue weighted by Crippen LogP contribution is -2.26. The fraction of sp³-hybridized carbons (Fsp3) is 0.125. The van der Waals surface area contributed by atoms with E-state index >= 15 is 0 Å². The monoisotopic (exact) mass is 382 g/mol. The molecular weight excluding hydrogens is 360 g/mol. The quantitative estimate of drug-likeness (QED) is 0.519. The van der Waals surface area contributed by atoms with Gasteiger partial charge in [-0.3, -0.25) is 14.9 Å². The van der Waals surface area contributed by atoms with Gasteiger partial charge in [0.1, 0.15) is 0 Å². The van der Waals surface area contributed by atoms with Crippen molar-refractivity contribution < 1.29 is 4.79 Å². The minimum absolute atomic E-state index is 0.114. The van der Waals surface area contributed by atoms with Gasteiger partial charge >= 0.3 is 0 Å². The van der Waals surface area contributed by atoms with Crippen LogP contribution < -0.4 is 5.32 Å². The van der Waals surface area contributed by atoms with Crippen LogP contribution in [0.5, 0.6) is 0 Å². The van der Waals surface area contributed by atoms with Crippen molar-refractivity contribution in [2.24, 2.45) is 0 Å². The molecule has 1 amide bonds. The van der Waals surface area contributed by atoms with E-state index in [0.29, 0.717) is 18.5 Å². The maximum atomic E-state index is 12.8. The molecule has 0 aliphatic rings. The van der Waals surface area contributed by atoms with Crippen molar-refractivity contribution in [2.45, 2.75) is 13.3 Å². The number of hydrogen-bond donors (Lipinski definition) is 2. The lowest BCUT2D eigenvalue weighted by molar-refractivity contribution is 0.0954. The second-order valence-corrected chi connectivity index (χ2v) is 6.91. The molecule has 2 aromatic heterocycles. The molecule has 0 unspecified atom stereocenters. The summed E-state index contributed by atoms with van der Waals surface area (Å²) < 4.78 is 0. The molecule has 0 saturated heterocycles. The van der Waals surface area contributed by atoms with Crippen molar-refractivity contribution in [1.29, 1.82) is 0 Å². The molecular formula is C24H22N4O. The van der Waals surface area contributed by atoms with Crippen LogP contribution in [0.3, 0.4) is 0 Å². The second kappa shape index (κ2) is 8.52. The summed E-state index contributed by atoms with van der Waals surface area (Å²) in [6.07, 6.45) is 2.45. The van der Waals surface area contributed by atoms with Crippen LogP contribution in [0.15, 0.2) is 79.0 Å². The number of nitrogens with zero attached hydrogens (tertiary/aromatic N) is 2. The Hall–Kier alpha value is -3.73. The van der Waals surface area contributed by atoms with Crippen molar-refractivity contribution in [2.75, 3.05) is 6.54 Å². The number of amides is 1. The number of aromatic nitrogens is 3. The number of carbonyl (C=O) groups excluding carboxylic acids is 1. The van der Waals surface area contributed by atoms with E-state index in [2.05, 4.69) is 39.6 Å². The third-order valence-electron chi connectivity index (χ3n) is 4.75. The Bertz CT molecular complexity index is 1120. The van der Waals surface area contributed by atoms with Gasteiger partial charge in [0.05, 0.1) is 11.4 Å². The smallest absolute Gasteiger partial charge is 0.251 e. The van der Waals surface area contributed by atoms with Crippen molar-refractivity contribution >= 4 is 5.91 Å². The second-order valence-electron chi connectivity index (χ2n) is 6.91. The van der Waals surface area contributed by atoms with Crippen LogP contribution in [0.1, 0.15) is 21.6 Å². The van der Waals surface area contributed by atoms with E-state index in [1.807, 2.05) is 60.7 Å². The van der Waals surface area contributed by atoms with Gasteiger partial charge in [0.15, 0.2) is 0 Å². The van der Waals surface area contributed by atoms with Crippen LogP contribution in [0.4, 0.5) is 0 Å². The number of aryl methyl sites for hydroxylation is 1. The number of rotatable bonds is 6. The molecule has 4 aromatic rings. The topological polar surface area (TPSA) is 70.7 Å². The zero-order chi connectivity index (χ0) is 20.1. The molecule has 0 spiro atoms. The van der Waals surface area contributed by atoms with Crippen LogP contribution >= 0.6 is 0 Å². The van der Waals surface area contributed by atoms with Crippen LogP contribution in [0.2, 0.25) is 0 Å². The van der Waals surface area contributed by atoms with E-state index in [1.165, 1.54) is 5.56 Å². The van der Waals surface area contributed by atoms with Gasteiger partial charge in [0.25, 0.3) is 5.91 Å². The first-order valence-corrected chi connectivity index (χ1v) is 9.60. The van der Waals surface area contributed by atoms with Crippen molar-refractivity contribution in [1.82, 2.24) is 20.5 Å². The molecule has 5 nitrogen and oxygen atoms in total. The third-order valence-corrected chi connectivity index (χ3v) is 4.75. The number of nitrogens with one attached hydrogen (secondary N) is 2. The molecule has 0 aliphatic heterocycles. The first-order chi connectivity index (χ1) is 14.2. The third kappa shape index (κ3) is 4.41. The highest BCUT2D eigenvalue weighted by Gasteiger charge is 2.15. The molecule has 2 heterocycles. The van der Waals surface area contributed by atoms with Gasteiger partial charge in [-0.25, -0.2) is 0 Å². The first kappa shape index (κ1) is 18.6. The lowest BCUT2D eigenvalue weighted by atomic mass is 10.0. The normalized spacial score (nSPS) is 10.7. The fourth-order valence-corrected chi connectivity index (χ4v) is 3.27. The highest BCUT2D eigenvalue weighted by Crippen LogP contribution is 2.26. The van der Waals surface area contributed by atoms with E-state index in [9.17, 15) is 4.79 Å². The number of H-pyrrole nitrogens is 1. The number of pyridine rings is 1. The summed E-state index contributed by atoms with van der Waals surface area (Å²) in [6.45, 7) is 2.59. The van der Waals surface area contributed by atoms with Crippen LogP contribution in [-0.4, -0.2) is 27.6 Å². The minimum Gasteiger partial charge on any atom is -0.352 e. The van der Waals surface area contributed by atoms with E-state index in [1.54, 1.807) is 6.20 Å². The van der Waals surface area contributed by atoms with E-state index < -0.39 is 0 Å². The number of hydrogen-bond acceptors (Lipinski definition) is 3. The number of benzene rings is 2. The van der Waals surface area contributed by atoms with Gasteiger partial charge in [0, 0.05) is 36.0 Å². The zero-order valence-electron chi connectivity index (χ0n) is 16.2. The Morgan fingerprint density at radius 1 is 1.00 bits per heavy atom. The number of carbonyl (C=O) groups is 1. The van der Waals surface area contributed by atoms with Crippen LogP contribution in [0, 0.1) is 6.92 Å². The van der Waals surface area contributed by atoms with Gasteiger partial charge in [-0.1, -0.05) is 48.0 Å². The predicted octanol–water partition coefficient (Wildman–Crippen LogP) is 4.42. The largest absolute Gasteiger partial charge is 0.352 e. The van der Waals surface area contributed by atoms with Gasteiger partial charge in [-0.05, 0) is 42.8 Å². The summed E-state index contributed by atoms with van der Waals surface area (Å²) >= 11 is 0. The standard InChI is InChI=1S/C24H22N4O/c1-17-7-6-8-18(15-17)22-16-23(28-27-22)20-10-2-3-11-21(20)24(29)26-14-12-19-9-4-5-13-25-19/h2-11,13,15-16H,12,14H2,1H3,(H,26,29)(H,27,28). The van der Waals surface area contributed by atoms with Crippen LogP contribution in [0.25, 0.3) is 22.5 Å². The molecule has 0 fully saturated rings. The molecule has 144 valence electrons. The predicted molar refractivity (Wildman–Crippen MR) is 114 cm³/mol. The van der Waals surface area contributed by atoms with Crippen LogP contribution in [-0.2, 0) is 6.42 Å². The highest BCUT2D eigenvalue weighted by molar-refractivity contribution is 6.00. The van der Waals surface area contributed by atoms with Crippen molar-refractivity contribution in [3.8, 4) is 22.5 Å². The molecule has 0 radical (unpaired) electrons. The van der Waals surface area contributed by atoms with Crippen molar-refractivity contribution in [3.05, 3.63) is 95.8 Å². The Labute approximate surface area is 169 Å². The maximum Gasteiger partial charge on any atom is 0.251 e. The summed E-state index contributed by atoms with van der Waals surface area (Å²) in [5, 5.41) is 10.5. The average molecular weight is 382 g/mol. The Balaban J connectivity index is 1.52. The van der Waals surface area contributed by atoms with Gasteiger partial charge in [-0.15, -0.1) is 0 Å². The molecule has 2 aromatic carbocycles. The van der Waals surface area contributed by atoms with Gasteiger partial charge in [0.2, 0.25) is 0 Å². The van der Waals surface area contributed by atoms with Gasteiger partial charge < -0.3 is 5.32 Å². The minimum atomic E-state index is -0.114. The van der Waals surface area contributed by atoms with E-state index in [0.717, 1.165) is 28.2 Å². The summed E-state index contributed by atoms with van der Waals surface area (Å²) in [5.74, 6) is -0.114. The maximum absolute atomic E-state index is 12.8. The Kier molecular flexibility index (Phi) is 5.47. The molecule has 4 rings (SSSR count). The Morgan fingerprint density at radius 3 is 2.69 bits per heavy atom. The van der Waals surface area contributed by atoms with Gasteiger partial charge in [-0.2, -0.15) is 5.10 Å². The van der Waals surface area contributed by atoms with Crippen molar-refractivity contribution in [3.63, 3.8) is 0 Å². The SMILES string of the molecule is Cc1cccc(-c2cc(-c3ccccc3C(=O)NCCc3ccccn3)n[nH]2)c1. The fourth-order valence-electron chi connectivity index (χ4n) is 3.27. The lowest BCUT2D eigenvalue weighted by Gasteiger charge is -2.08. The summed E-state index contributed by atoms with van der Waals surface area (Å²) in [6, 6.07) is 23.5. The molecule has 0 saturated carbocycles. The average Bonchev–Trinajstić information content (AvgIpc) is 3.25. The van der Waals surface area contributed by atoms with E-state index in [4.69, 9.17) is 0 Å². The molecule has 2 N–H and O–H groups in total. The summed E-state index contributed by atoms with van der Waals surface area (Å²) in [5.41, 5.74) is 6.29. The highest BCUT2D eigenvalue weighted by atomic mass is 16.1. The Morgan fingerprint density at radius 2 is 1.86 bits per heavy atom. The molecule has 0 aliphatic carbocycles. The molecule has 29 heavy (non-hydrogen) atoms. The molecule has 5 heteroatoms. The summed E-state index contributed by atoms with van der Waals surface area (Å²) in [4.78, 5) is 17.1. The first-order valence-electron chi connectivity index (χ1n) is 9.60. The molecule has 0 bridgehead atoms. The molecule has 0 atom stereocenters. The summed E-state index contributed by atoms with van der Waals surface area (Å²) in [7, 11) is 0. The zero-order valence-corrected chi connectivity index (χ0v) is 16.2. The van der Waals surface area contributed by atoms with E-state index in [-0.39, 0.29) is 5.91 Å².